The standard InChI is InChI=1S/C28H36O6/c29-13-16-32-19-18-31-15-7-12-27(22-25-8-3-1-4-9-25)28(23-26-10-5-2-6-11-26)24-34-21-20-33-17-14-30/h1-6,8-11,29-30H,13-24H2/b28-27-. The van der Waals surface area contributed by atoms with E-state index in [4.69, 9.17) is 29.2 Å². The Morgan fingerprint density at radius 3 is 1.74 bits per heavy atom. The molecule has 6 nitrogen and oxygen atoms in total. The molecule has 0 bridgehead atoms. The molecule has 0 radical (unpaired) electrons. The van der Waals surface area contributed by atoms with E-state index >= 15 is 0 Å². The summed E-state index contributed by atoms with van der Waals surface area (Å²) in [6, 6.07) is 20.5. The van der Waals surface area contributed by atoms with Crippen molar-refractivity contribution in [1.82, 2.24) is 0 Å². The van der Waals surface area contributed by atoms with E-state index in [1.54, 1.807) is 0 Å². The average Bonchev–Trinajstić information content (AvgIpc) is 2.87. The summed E-state index contributed by atoms with van der Waals surface area (Å²) < 4.78 is 22.0. The Morgan fingerprint density at radius 1 is 0.618 bits per heavy atom. The molecular formula is C28H36O6. The summed E-state index contributed by atoms with van der Waals surface area (Å²) in [4.78, 5) is 0. The first-order chi connectivity index (χ1) is 16.8. The van der Waals surface area contributed by atoms with Crippen LogP contribution in [0.2, 0.25) is 0 Å². The van der Waals surface area contributed by atoms with Gasteiger partial charge in [-0.05, 0) is 23.1 Å². The zero-order valence-electron chi connectivity index (χ0n) is 19.8. The highest BCUT2D eigenvalue weighted by molar-refractivity contribution is 5.40. The van der Waals surface area contributed by atoms with Crippen LogP contribution in [0.3, 0.4) is 0 Å². The van der Waals surface area contributed by atoms with E-state index < -0.39 is 0 Å². The van der Waals surface area contributed by atoms with Gasteiger partial charge in [-0.15, -0.1) is 0 Å². The van der Waals surface area contributed by atoms with E-state index in [0.717, 1.165) is 17.6 Å². The van der Waals surface area contributed by atoms with Crippen LogP contribution in [0, 0.1) is 11.8 Å². The predicted octanol–water partition coefficient (Wildman–Crippen LogP) is 2.82. The van der Waals surface area contributed by atoms with Crippen LogP contribution in [-0.2, 0) is 31.8 Å². The fourth-order valence-corrected chi connectivity index (χ4v) is 3.17. The molecule has 0 fully saturated rings. The molecule has 0 saturated carbocycles. The quantitative estimate of drug-likeness (QED) is 0.275. The second-order valence-corrected chi connectivity index (χ2v) is 7.49. The Balaban J connectivity index is 2.13. The molecule has 34 heavy (non-hydrogen) atoms. The van der Waals surface area contributed by atoms with Gasteiger partial charge in [0.15, 0.2) is 0 Å². The molecule has 2 N–H and O–H groups in total. The lowest BCUT2D eigenvalue weighted by Gasteiger charge is -2.14. The van der Waals surface area contributed by atoms with Crippen molar-refractivity contribution >= 4 is 0 Å². The van der Waals surface area contributed by atoms with Gasteiger partial charge in [0.05, 0.1) is 59.5 Å². The summed E-state index contributed by atoms with van der Waals surface area (Å²) in [6.45, 7) is 3.13. The molecule has 0 atom stereocenters. The van der Waals surface area contributed by atoms with Gasteiger partial charge in [-0.1, -0.05) is 72.5 Å². The Hall–Kier alpha value is -2.50. The highest BCUT2D eigenvalue weighted by Crippen LogP contribution is 2.17. The van der Waals surface area contributed by atoms with Gasteiger partial charge in [0, 0.05) is 12.0 Å². The second-order valence-electron chi connectivity index (χ2n) is 7.49. The fourth-order valence-electron chi connectivity index (χ4n) is 3.17. The maximum Gasteiger partial charge on any atom is 0.108 e. The molecule has 0 saturated heterocycles. The third-order valence-corrected chi connectivity index (χ3v) is 4.82. The summed E-state index contributed by atoms with van der Waals surface area (Å²) in [5, 5.41) is 17.6. The Kier molecular flexibility index (Phi) is 15.4. The number of rotatable bonds is 17. The molecule has 2 rings (SSSR count). The molecule has 2 aromatic rings. The topological polar surface area (TPSA) is 77.4 Å². The van der Waals surface area contributed by atoms with Gasteiger partial charge in [-0.2, -0.15) is 0 Å². The third-order valence-electron chi connectivity index (χ3n) is 4.82. The summed E-state index contributed by atoms with van der Waals surface area (Å²) in [7, 11) is 0. The van der Waals surface area contributed by atoms with Gasteiger partial charge in [-0.25, -0.2) is 0 Å². The summed E-state index contributed by atoms with van der Waals surface area (Å²) in [5.74, 6) is 6.47. The third kappa shape index (κ3) is 12.7. The first-order valence-electron chi connectivity index (χ1n) is 11.6. The molecule has 0 spiro atoms. The van der Waals surface area contributed by atoms with E-state index in [1.807, 2.05) is 36.4 Å². The van der Waals surface area contributed by atoms with E-state index in [0.29, 0.717) is 59.3 Å². The Labute approximate surface area is 203 Å². The molecular weight excluding hydrogens is 432 g/mol. The zero-order valence-corrected chi connectivity index (χ0v) is 19.8. The molecule has 0 aliphatic rings. The number of aliphatic hydroxyl groups is 2. The summed E-state index contributed by atoms with van der Waals surface area (Å²) in [5.41, 5.74) is 4.52. The number of ether oxygens (including phenoxy) is 4. The molecule has 0 aliphatic heterocycles. The highest BCUT2D eigenvalue weighted by atomic mass is 16.5. The maximum atomic E-state index is 8.85. The monoisotopic (exact) mass is 468 g/mol. The maximum absolute atomic E-state index is 8.85. The predicted molar refractivity (Wildman–Crippen MR) is 133 cm³/mol. The normalized spacial score (nSPS) is 11.6. The van der Waals surface area contributed by atoms with E-state index in [2.05, 4.69) is 36.1 Å². The first-order valence-corrected chi connectivity index (χ1v) is 11.6. The van der Waals surface area contributed by atoms with Crippen molar-refractivity contribution < 1.29 is 29.2 Å². The number of allylic oxidation sites excluding steroid dienone is 1. The van der Waals surface area contributed by atoms with Crippen molar-refractivity contribution in [2.45, 2.75) is 12.8 Å². The van der Waals surface area contributed by atoms with Crippen molar-refractivity contribution in [3.8, 4) is 11.8 Å². The molecule has 0 aliphatic carbocycles. The van der Waals surface area contributed by atoms with Gasteiger partial charge in [-0.3, -0.25) is 0 Å². The van der Waals surface area contributed by atoms with Crippen LogP contribution in [0.25, 0.3) is 0 Å². The smallest absolute Gasteiger partial charge is 0.108 e. The van der Waals surface area contributed by atoms with Gasteiger partial charge >= 0.3 is 0 Å². The second kappa shape index (κ2) is 18.9. The molecule has 0 heterocycles. The summed E-state index contributed by atoms with van der Waals surface area (Å²) in [6.07, 6.45) is 1.45. The fraction of sp³-hybridized carbons (Fsp3) is 0.429. The molecule has 0 unspecified atom stereocenters. The van der Waals surface area contributed by atoms with E-state index in [9.17, 15) is 0 Å². The van der Waals surface area contributed by atoms with E-state index in [-0.39, 0.29) is 13.2 Å². The van der Waals surface area contributed by atoms with Crippen LogP contribution in [-0.4, -0.2) is 76.3 Å². The molecule has 2 aromatic carbocycles. The first kappa shape index (κ1) is 27.7. The van der Waals surface area contributed by atoms with Crippen LogP contribution in [0.5, 0.6) is 0 Å². The van der Waals surface area contributed by atoms with Gasteiger partial charge in [0.2, 0.25) is 0 Å². The van der Waals surface area contributed by atoms with Crippen molar-refractivity contribution in [3.63, 3.8) is 0 Å². The van der Waals surface area contributed by atoms with Crippen LogP contribution in [0.15, 0.2) is 71.8 Å². The minimum absolute atomic E-state index is 0.00556. The minimum atomic E-state index is 0.00556. The minimum Gasteiger partial charge on any atom is -0.394 e. The number of hydrogen-bond donors (Lipinski definition) is 2. The van der Waals surface area contributed by atoms with Crippen molar-refractivity contribution in [1.29, 1.82) is 0 Å². The van der Waals surface area contributed by atoms with Crippen molar-refractivity contribution in [2.24, 2.45) is 0 Å². The molecule has 0 aromatic heterocycles. The molecule has 184 valence electrons. The lowest BCUT2D eigenvalue weighted by Crippen LogP contribution is -2.11. The largest absolute Gasteiger partial charge is 0.394 e. The Morgan fingerprint density at radius 2 is 1.15 bits per heavy atom. The SMILES string of the molecule is OCCOCCOCC#C/C(Cc1ccccc1)=C(/COCCOCCO)Cc1ccccc1. The summed E-state index contributed by atoms with van der Waals surface area (Å²) >= 11 is 0. The van der Waals surface area contributed by atoms with Crippen molar-refractivity contribution in [3.05, 3.63) is 82.9 Å². The average molecular weight is 469 g/mol. The molecule has 6 heteroatoms. The lowest BCUT2D eigenvalue weighted by molar-refractivity contribution is 0.0391. The van der Waals surface area contributed by atoms with Crippen LogP contribution < -0.4 is 0 Å². The van der Waals surface area contributed by atoms with E-state index in [1.165, 1.54) is 11.1 Å². The van der Waals surface area contributed by atoms with Gasteiger partial charge in [0.25, 0.3) is 0 Å². The van der Waals surface area contributed by atoms with Crippen molar-refractivity contribution in [2.75, 3.05) is 66.1 Å². The van der Waals surface area contributed by atoms with Gasteiger partial charge < -0.3 is 29.2 Å². The number of hydrogen-bond acceptors (Lipinski definition) is 6. The highest BCUT2D eigenvalue weighted by Gasteiger charge is 2.09. The van der Waals surface area contributed by atoms with Crippen LogP contribution >= 0.6 is 0 Å². The van der Waals surface area contributed by atoms with Gasteiger partial charge in [0.1, 0.15) is 6.61 Å². The van der Waals surface area contributed by atoms with Crippen LogP contribution in [0.1, 0.15) is 11.1 Å². The lowest BCUT2D eigenvalue weighted by atomic mass is 9.96. The molecule has 0 amide bonds. The number of aliphatic hydroxyl groups excluding tert-OH is 2. The number of benzene rings is 2. The van der Waals surface area contributed by atoms with Crippen LogP contribution in [0.4, 0.5) is 0 Å². The Bertz CT molecular complexity index is 855. The zero-order chi connectivity index (χ0) is 24.1.